The Balaban J connectivity index is 0.00000246. The van der Waals surface area contributed by atoms with Crippen LogP contribution in [-0.4, -0.2) is 4.89 Å². The quantitative estimate of drug-likeness (QED) is 0.106. The van der Waals surface area contributed by atoms with Gasteiger partial charge in [0.1, 0.15) is 27.4 Å². The van der Waals surface area contributed by atoms with Crippen LogP contribution in [0.5, 0.6) is 11.5 Å². The molecule has 1 N–H and O–H groups in total. The van der Waals surface area contributed by atoms with Crippen molar-refractivity contribution < 1.29 is 64.8 Å². The third-order valence-electron chi connectivity index (χ3n) is 10.2. The van der Waals surface area contributed by atoms with Crippen LogP contribution >= 0.6 is 24.9 Å². The van der Waals surface area contributed by atoms with Crippen molar-refractivity contribution >= 4 is 62.4 Å². The predicted molar refractivity (Wildman–Crippen MR) is 225 cm³/mol. The molecule has 0 amide bonds. The third kappa shape index (κ3) is 8.02. The maximum absolute atomic E-state index is 14.3. The van der Waals surface area contributed by atoms with E-state index in [-0.39, 0.29) is 22.9 Å². The molecule has 1 atom stereocenters. The fraction of sp³-hybridized carbons (Fsp3) is 0.0435. The van der Waals surface area contributed by atoms with Gasteiger partial charge >= 0.3 is 49.4 Å². The topological polar surface area (TPSA) is 55.8 Å². The van der Waals surface area contributed by atoms with Gasteiger partial charge in [-0.2, -0.15) is 26.3 Å². The van der Waals surface area contributed by atoms with Gasteiger partial charge in [-0.15, -0.1) is 0 Å². The van der Waals surface area contributed by atoms with Crippen LogP contribution in [0.15, 0.2) is 164 Å². The summed E-state index contributed by atoms with van der Waals surface area (Å²) in [6.07, 6.45) is -10.3. The maximum atomic E-state index is 14.3. The Hall–Kier alpha value is -4.89. The fourth-order valence-corrected chi connectivity index (χ4v) is 11.4. The van der Waals surface area contributed by atoms with E-state index >= 15 is 0 Å². The molecule has 0 bridgehead atoms. The Kier molecular flexibility index (Phi) is 11.5. The van der Waals surface area contributed by atoms with E-state index in [0.29, 0.717) is 50.4 Å². The average Bonchev–Trinajstić information content (AvgIpc) is 3.37. The van der Waals surface area contributed by atoms with Gasteiger partial charge in [-0.1, -0.05) is 103 Å². The van der Waals surface area contributed by atoms with E-state index in [0.717, 1.165) is 15.9 Å². The number of phosphoric ester groups is 1. The van der Waals surface area contributed by atoms with Crippen LogP contribution in [-0.2, 0) is 36.9 Å². The number of hydrogen-bond donors (Lipinski definition) is 1. The van der Waals surface area contributed by atoms with Gasteiger partial charge in [-0.25, -0.2) is 4.57 Å². The number of fused-ring (bicyclic) bond motifs is 7. The van der Waals surface area contributed by atoms with Crippen LogP contribution in [0.4, 0.5) is 26.3 Å². The Morgan fingerprint density at radius 3 is 1.43 bits per heavy atom. The van der Waals surface area contributed by atoms with Crippen LogP contribution in [0.1, 0.15) is 11.1 Å². The van der Waals surface area contributed by atoms with Gasteiger partial charge in [0.05, 0.1) is 19.0 Å². The molecule has 0 spiro atoms. The van der Waals surface area contributed by atoms with Crippen LogP contribution in [0.3, 0.4) is 0 Å². The fourth-order valence-electron chi connectivity index (χ4n) is 7.74. The molecule has 14 heteroatoms. The third-order valence-corrected chi connectivity index (χ3v) is 13.8. The van der Waals surface area contributed by atoms with E-state index in [1.54, 1.807) is 56.4 Å². The molecule has 8 aromatic carbocycles. The number of hydrogen-bond acceptors (Lipinski definition) is 3. The molecule has 0 radical (unpaired) electrons. The number of phosphoric acid groups is 1. The van der Waals surface area contributed by atoms with Crippen molar-refractivity contribution in [3.05, 3.63) is 175 Å². The van der Waals surface area contributed by atoms with Crippen molar-refractivity contribution in [2.45, 2.75) is 12.4 Å². The number of alkyl halides is 6. The van der Waals surface area contributed by atoms with Gasteiger partial charge in [-0.3, -0.25) is 4.89 Å². The monoisotopic (exact) mass is 1050 g/mol. The van der Waals surface area contributed by atoms with E-state index in [1.807, 2.05) is 78.9 Å². The van der Waals surface area contributed by atoms with Crippen molar-refractivity contribution in [3.8, 4) is 44.9 Å². The van der Waals surface area contributed by atoms with E-state index in [4.69, 9.17) is 9.05 Å². The second-order valence-electron chi connectivity index (χ2n) is 13.8. The van der Waals surface area contributed by atoms with Gasteiger partial charge in [0.2, 0.25) is 0 Å². The molecule has 1 aliphatic rings. The zero-order chi connectivity index (χ0) is 42.4. The minimum atomic E-state index is -5.23. The molecule has 4 nitrogen and oxygen atoms in total. The van der Waals surface area contributed by atoms with Crippen molar-refractivity contribution in [2.24, 2.45) is 0 Å². The first-order chi connectivity index (χ1) is 28.8. The summed E-state index contributed by atoms with van der Waals surface area (Å²) >= 11 is 1.75. The van der Waals surface area contributed by atoms with Crippen molar-refractivity contribution in [3.63, 3.8) is 0 Å². The molecule has 1 unspecified atom stereocenters. The summed E-state index contributed by atoms with van der Waals surface area (Å²) in [4.78, 5) is 11.6. The molecular formula is C46H29AuClF6O4P2+. The minimum absolute atomic E-state index is 0.0273. The molecule has 0 aliphatic carbocycles. The van der Waals surface area contributed by atoms with Crippen molar-refractivity contribution in [1.82, 2.24) is 0 Å². The predicted octanol–water partition coefficient (Wildman–Crippen LogP) is 13.1. The average molecular weight is 1050 g/mol. The molecule has 0 aromatic heterocycles. The number of halogens is 7. The molecule has 0 saturated carbocycles. The summed E-state index contributed by atoms with van der Waals surface area (Å²) in [5.74, 6) is -0.426. The van der Waals surface area contributed by atoms with E-state index in [1.165, 1.54) is 6.07 Å². The zero-order valence-corrected chi connectivity index (χ0v) is 35.5. The summed E-state index contributed by atoms with van der Waals surface area (Å²) in [7, 11) is -2.38. The summed E-state index contributed by atoms with van der Waals surface area (Å²) in [6, 6.07) is 46.2. The molecule has 0 saturated heterocycles. The molecule has 1 aliphatic heterocycles. The van der Waals surface area contributed by atoms with Gasteiger partial charge < -0.3 is 9.05 Å². The van der Waals surface area contributed by atoms with E-state index in [9.17, 15) is 35.8 Å². The van der Waals surface area contributed by atoms with Gasteiger partial charge in [0.15, 0.2) is 0 Å². The normalized spacial score (nSPS) is 15.0. The molecular weight excluding hydrogens is 1020 g/mol. The van der Waals surface area contributed by atoms with Gasteiger partial charge in [0.25, 0.3) is 0 Å². The molecule has 306 valence electrons. The van der Waals surface area contributed by atoms with Crippen LogP contribution < -0.4 is 25.0 Å². The SMILES string of the molecule is O=P1(O)Oc2c(-c3cc(C(F)(F)F)cc(C(F)(F)F)c3)cc3ccccc3c2-c2c(c(-c3ccccc3[PH+](c3ccccc3)c3ccccc3)cc3ccccc23)O1.[Cl][Au]. The summed E-state index contributed by atoms with van der Waals surface area (Å²) in [5.41, 5.74) is -2.26. The van der Waals surface area contributed by atoms with Crippen molar-refractivity contribution in [2.75, 3.05) is 0 Å². The molecule has 0 fully saturated rings. The summed E-state index contributed by atoms with van der Waals surface area (Å²) < 4.78 is 112. The second-order valence-corrected chi connectivity index (χ2v) is 17.5. The Labute approximate surface area is 357 Å². The van der Waals surface area contributed by atoms with Crippen LogP contribution in [0.25, 0.3) is 54.9 Å². The van der Waals surface area contributed by atoms with E-state index < -0.39 is 50.5 Å². The summed E-state index contributed by atoms with van der Waals surface area (Å²) in [5, 5.41) is 5.22. The van der Waals surface area contributed by atoms with Crippen LogP contribution in [0.2, 0.25) is 0 Å². The van der Waals surface area contributed by atoms with Crippen LogP contribution in [0, 0.1) is 0 Å². The van der Waals surface area contributed by atoms with E-state index in [2.05, 4.69) is 33.5 Å². The number of rotatable bonds is 5. The first-order valence-electron chi connectivity index (χ1n) is 18.1. The molecule has 1 heterocycles. The van der Waals surface area contributed by atoms with Gasteiger partial charge in [0, 0.05) is 27.8 Å². The first kappa shape index (κ1) is 41.8. The Bertz CT molecular complexity index is 2880. The first-order valence-corrected chi connectivity index (χ1v) is 23.8. The Morgan fingerprint density at radius 2 is 0.933 bits per heavy atom. The number of benzene rings is 8. The van der Waals surface area contributed by atoms with Crippen molar-refractivity contribution in [1.29, 1.82) is 0 Å². The molecule has 9 rings (SSSR count). The van der Waals surface area contributed by atoms with Gasteiger partial charge in [-0.05, 0) is 87.8 Å². The Morgan fingerprint density at radius 1 is 0.517 bits per heavy atom. The standard InChI is InChI=1S/C46H28F6O4P2.Au.ClH/c47-45(48,49)31-23-30(24-32(27-31)46(50,51)52)38-25-28-13-7-9-19-35(28)41-42-36-20-10-8-14-29(36)26-39(44(42)56-58(53,54)55-43(38)41)37-21-11-12-22-40(37)57(33-15-3-1-4-16-33)34-17-5-2-6-18-34;;/h1-27H,(H,53,54);;1H/q;+1;. The molecule has 8 aromatic rings. The zero-order valence-electron chi connectivity index (χ0n) is 30.7. The molecule has 60 heavy (non-hydrogen) atoms. The summed E-state index contributed by atoms with van der Waals surface area (Å²) in [6.45, 7) is 0. The second kappa shape index (κ2) is 16.5.